The van der Waals surface area contributed by atoms with E-state index in [4.69, 9.17) is 4.52 Å². The van der Waals surface area contributed by atoms with Crippen LogP contribution in [0, 0.1) is 6.92 Å². The highest BCUT2D eigenvalue weighted by Crippen LogP contribution is 2.31. The van der Waals surface area contributed by atoms with E-state index in [0.29, 0.717) is 28.8 Å². The van der Waals surface area contributed by atoms with E-state index in [1.807, 2.05) is 57.3 Å². The van der Waals surface area contributed by atoms with E-state index in [0.717, 1.165) is 9.88 Å². The van der Waals surface area contributed by atoms with Crippen molar-refractivity contribution < 1.29 is 9.32 Å². The third-order valence-corrected chi connectivity index (χ3v) is 5.83. The summed E-state index contributed by atoms with van der Waals surface area (Å²) in [6.07, 6.45) is 0. The van der Waals surface area contributed by atoms with Crippen LogP contribution in [0.25, 0.3) is 9.88 Å². The van der Waals surface area contributed by atoms with Gasteiger partial charge < -0.3 is 14.7 Å². The normalized spacial score (nSPS) is 11.9. The van der Waals surface area contributed by atoms with Gasteiger partial charge in [-0.05, 0) is 46.3 Å². The van der Waals surface area contributed by atoms with Crippen molar-refractivity contribution in [2.24, 2.45) is 0 Å². The van der Waals surface area contributed by atoms with Crippen LogP contribution in [-0.2, 0) is 12.1 Å². The molecule has 26 heavy (non-hydrogen) atoms. The van der Waals surface area contributed by atoms with E-state index in [-0.39, 0.29) is 5.91 Å². The summed E-state index contributed by atoms with van der Waals surface area (Å²) >= 11 is 3.00. The second kappa shape index (κ2) is 7.26. The van der Waals surface area contributed by atoms with Crippen LogP contribution in [0.5, 0.6) is 0 Å². The molecule has 138 valence electrons. The van der Waals surface area contributed by atoms with Crippen molar-refractivity contribution in [3.8, 4) is 9.88 Å². The molecule has 0 aliphatic heterocycles. The van der Waals surface area contributed by atoms with Gasteiger partial charge in [-0.2, -0.15) is 4.98 Å². The van der Waals surface area contributed by atoms with Crippen molar-refractivity contribution in [3.63, 3.8) is 0 Å². The number of hydrogen-bond donors (Lipinski definition) is 1. The Labute approximate surface area is 160 Å². The second-order valence-electron chi connectivity index (χ2n) is 6.74. The minimum Gasteiger partial charge on any atom is -0.339 e. The minimum absolute atomic E-state index is 0.188. The number of thiophene rings is 1. The molecule has 0 aliphatic rings. The number of aromatic nitrogens is 3. The average molecular weight is 392 g/mol. The quantitative estimate of drug-likeness (QED) is 0.694. The molecule has 0 radical (unpaired) electrons. The molecule has 0 saturated heterocycles. The summed E-state index contributed by atoms with van der Waals surface area (Å²) in [5, 5.41) is 9.86. The molecular weight excluding hydrogens is 370 g/mol. The highest BCUT2D eigenvalue weighted by Gasteiger charge is 2.30. The zero-order chi connectivity index (χ0) is 18.9. The third-order valence-electron chi connectivity index (χ3n) is 3.64. The topological polar surface area (TPSA) is 84.2 Å². The molecule has 3 rings (SSSR count). The van der Waals surface area contributed by atoms with Gasteiger partial charge in [0.2, 0.25) is 5.89 Å². The standard InChI is InChI=1S/C17H21N5O2S2/c1-10-13(26-15(18-10)11-7-6-8-25-11)14(23)20-17(2,3)16-19-12(24-21-16)9-22(4)5/h6-8H,9H2,1-5H3,(H,20,23). The summed E-state index contributed by atoms with van der Waals surface area (Å²) in [6, 6.07) is 3.97. The molecule has 1 N–H and O–H groups in total. The molecule has 0 unspecified atom stereocenters. The van der Waals surface area contributed by atoms with Crippen molar-refractivity contribution in [3.05, 3.63) is 39.8 Å². The summed E-state index contributed by atoms with van der Waals surface area (Å²) in [5.74, 6) is 0.774. The molecule has 0 fully saturated rings. The van der Waals surface area contributed by atoms with Crippen LogP contribution < -0.4 is 5.32 Å². The zero-order valence-electron chi connectivity index (χ0n) is 15.4. The van der Waals surface area contributed by atoms with Gasteiger partial charge in [-0.3, -0.25) is 4.79 Å². The van der Waals surface area contributed by atoms with E-state index in [1.54, 1.807) is 11.3 Å². The number of nitrogens with one attached hydrogen (secondary N) is 1. The maximum atomic E-state index is 12.8. The summed E-state index contributed by atoms with van der Waals surface area (Å²) < 4.78 is 5.26. The fourth-order valence-electron chi connectivity index (χ4n) is 2.35. The van der Waals surface area contributed by atoms with Gasteiger partial charge in [0.25, 0.3) is 5.91 Å². The molecule has 9 heteroatoms. The average Bonchev–Trinajstić information content (AvgIpc) is 3.25. The van der Waals surface area contributed by atoms with E-state index in [1.165, 1.54) is 11.3 Å². The fourth-order valence-corrected chi connectivity index (χ4v) is 4.11. The monoisotopic (exact) mass is 391 g/mol. The molecule has 0 aliphatic carbocycles. The molecule has 1 amide bonds. The van der Waals surface area contributed by atoms with Crippen molar-refractivity contribution in [1.82, 2.24) is 25.3 Å². The number of amides is 1. The first-order valence-corrected chi connectivity index (χ1v) is 9.77. The number of nitrogens with zero attached hydrogens (tertiary/aromatic N) is 4. The van der Waals surface area contributed by atoms with Crippen LogP contribution >= 0.6 is 22.7 Å². The number of rotatable bonds is 6. The first-order valence-electron chi connectivity index (χ1n) is 8.08. The maximum absolute atomic E-state index is 12.8. The van der Waals surface area contributed by atoms with Gasteiger partial charge in [-0.15, -0.1) is 22.7 Å². The number of carbonyl (C=O) groups is 1. The maximum Gasteiger partial charge on any atom is 0.264 e. The van der Waals surface area contributed by atoms with E-state index in [9.17, 15) is 4.79 Å². The molecule has 0 saturated carbocycles. The Morgan fingerprint density at radius 2 is 2.12 bits per heavy atom. The Morgan fingerprint density at radius 3 is 2.77 bits per heavy atom. The lowest BCUT2D eigenvalue weighted by atomic mass is 10.0. The predicted molar refractivity (Wildman–Crippen MR) is 102 cm³/mol. The zero-order valence-corrected chi connectivity index (χ0v) is 17.0. The Bertz CT molecular complexity index is 896. The minimum atomic E-state index is -0.759. The van der Waals surface area contributed by atoms with Gasteiger partial charge in [-0.25, -0.2) is 4.98 Å². The van der Waals surface area contributed by atoms with Crippen LogP contribution in [0.4, 0.5) is 0 Å². The molecule has 7 nitrogen and oxygen atoms in total. The smallest absolute Gasteiger partial charge is 0.264 e. The van der Waals surface area contributed by atoms with Crippen LogP contribution in [0.15, 0.2) is 22.0 Å². The Morgan fingerprint density at radius 1 is 1.35 bits per heavy atom. The SMILES string of the molecule is Cc1nc(-c2cccs2)sc1C(=O)NC(C)(C)c1noc(CN(C)C)n1. The lowest BCUT2D eigenvalue weighted by molar-refractivity contribution is 0.0911. The number of carbonyl (C=O) groups excluding carboxylic acids is 1. The van der Waals surface area contributed by atoms with Crippen molar-refractivity contribution in [2.75, 3.05) is 14.1 Å². The molecule has 0 atom stereocenters. The van der Waals surface area contributed by atoms with E-state index in [2.05, 4.69) is 20.4 Å². The summed E-state index contributed by atoms with van der Waals surface area (Å²) in [6.45, 7) is 6.10. The van der Waals surface area contributed by atoms with Gasteiger partial charge in [0.1, 0.15) is 9.88 Å². The molecular formula is C17H21N5O2S2. The van der Waals surface area contributed by atoms with Crippen molar-refractivity contribution in [1.29, 1.82) is 0 Å². The van der Waals surface area contributed by atoms with Gasteiger partial charge in [0.05, 0.1) is 22.7 Å². The number of hydrogen-bond acceptors (Lipinski definition) is 8. The van der Waals surface area contributed by atoms with Gasteiger partial charge in [0.15, 0.2) is 5.82 Å². The summed E-state index contributed by atoms with van der Waals surface area (Å²) in [4.78, 5) is 25.3. The van der Waals surface area contributed by atoms with E-state index >= 15 is 0 Å². The highest BCUT2D eigenvalue weighted by molar-refractivity contribution is 7.22. The Hall–Kier alpha value is -2.10. The lowest BCUT2D eigenvalue weighted by Gasteiger charge is -2.22. The van der Waals surface area contributed by atoms with Crippen molar-refractivity contribution >= 4 is 28.6 Å². The summed E-state index contributed by atoms with van der Waals surface area (Å²) in [5.41, 5.74) is -0.0434. The third kappa shape index (κ3) is 4.00. The molecule has 3 aromatic rings. The van der Waals surface area contributed by atoms with Gasteiger partial charge in [0, 0.05) is 0 Å². The van der Waals surface area contributed by atoms with Crippen LogP contribution in [0.3, 0.4) is 0 Å². The summed E-state index contributed by atoms with van der Waals surface area (Å²) in [7, 11) is 3.85. The van der Waals surface area contributed by atoms with Crippen LogP contribution in [0.2, 0.25) is 0 Å². The Balaban J connectivity index is 1.77. The van der Waals surface area contributed by atoms with Gasteiger partial charge in [-0.1, -0.05) is 11.2 Å². The predicted octanol–water partition coefficient (Wildman–Crippen LogP) is 3.29. The molecule has 0 bridgehead atoms. The Kier molecular flexibility index (Phi) is 5.22. The second-order valence-corrected chi connectivity index (χ2v) is 8.69. The van der Waals surface area contributed by atoms with E-state index < -0.39 is 5.54 Å². The number of thiazole rings is 1. The first kappa shape index (κ1) is 18.7. The van der Waals surface area contributed by atoms with Crippen LogP contribution in [-0.4, -0.2) is 40.0 Å². The molecule has 0 spiro atoms. The molecule has 0 aromatic carbocycles. The van der Waals surface area contributed by atoms with Gasteiger partial charge >= 0.3 is 0 Å². The van der Waals surface area contributed by atoms with Crippen LogP contribution in [0.1, 0.15) is 40.9 Å². The van der Waals surface area contributed by atoms with Crippen molar-refractivity contribution in [2.45, 2.75) is 32.9 Å². The largest absolute Gasteiger partial charge is 0.339 e. The fraction of sp³-hybridized carbons (Fsp3) is 0.412. The molecule has 3 heterocycles. The highest BCUT2D eigenvalue weighted by atomic mass is 32.1. The molecule has 3 aromatic heterocycles. The number of aryl methyl sites for hydroxylation is 1. The first-order chi connectivity index (χ1) is 12.3. The lowest BCUT2D eigenvalue weighted by Crippen LogP contribution is -2.41.